The zero-order valence-corrected chi connectivity index (χ0v) is 17.0. The molecule has 1 aliphatic rings. The lowest BCUT2D eigenvalue weighted by molar-refractivity contribution is 0.632. The molecule has 0 atom stereocenters. The molecule has 0 spiro atoms. The van der Waals surface area contributed by atoms with Gasteiger partial charge in [-0.3, -0.25) is 14.0 Å². The Morgan fingerprint density at radius 2 is 1.93 bits per heavy atom. The van der Waals surface area contributed by atoms with Gasteiger partial charge in [0.1, 0.15) is 16.0 Å². The number of nitrogens with zero attached hydrogens (tertiary/aromatic N) is 1. The zero-order valence-electron chi connectivity index (χ0n) is 16.1. The van der Waals surface area contributed by atoms with Crippen molar-refractivity contribution in [1.29, 1.82) is 0 Å². The number of H-pyrrole nitrogens is 1. The minimum absolute atomic E-state index is 0.126. The smallest absolute Gasteiger partial charge is 0.271 e. The van der Waals surface area contributed by atoms with Gasteiger partial charge in [0, 0.05) is 23.5 Å². The van der Waals surface area contributed by atoms with Crippen LogP contribution in [0, 0.1) is 19.7 Å². The van der Waals surface area contributed by atoms with Crippen molar-refractivity contribution < 1.29 is 4.39 Å². The summed E-state index contributed by atoms with van der Waals surface area (Å²) < 4.78 is 19.9. The van der Waals surface area contributed by atoms with Crippen LogP contribution >= 0.6 is 11.5 Å². The topological polar surface area (TPSA) is 80.9 Å². The fourth-order valence-electron chi connectivity index (χ4n) is 4.14. The Bertz CT molecular complexity index is 1430. The molecular formula is C22H20FN3O2S. The minimum Gasteiger partial charge on any atom is -0.328 e. The molecule has 0 saturated heterocycles. The molecule has 0 aliphatic heterocycles. The highest BCUT2D eigenvalue weighted by Crippen LogP contribution is 2.41. The third-order valence-corrected chi connectivity index (χ3v) is 6.92. The quantitative estimate of drug-likeness (QED) is 0.534. The van der Waals surface area contributed by atoms with Crippen molar-refractivity contribution in [1.82, 2.24) is 8.94 Å². The van der Waals surface area contributed by atoms with E-state index >= 15 is 4.39 Å². The van der Waals surface area contributed by atoms with Crippen LogP contribution in [0.2, 0.25) is 0 Å². The van der Waals surface area contributed by atoms with Gasteiger partial charge in [0.05, 0.1) is 5.52 Å². The highest BCUT2D eigenvalue weighted by molar-refractivity contribution is 7.12. The van der Waals surface area contributed by atoms with Crippen LogP contribution in [0.4, 0.5) is 4.39 Å². The molecule has 2 aromatic carbocycles. The van der Waals surface area contributed by atoms with Crippen LogP contribution in [0.15, 0.2) is 33.9 Å². The predicted octanol–water partition coefficient (Wildman–Crippen LogP) is 4.12. The van der Waals surface area contributed by atoms with E-state index in [1.807, 2.05) is 30.5 Å². The van der Waals surface area contributed by atoms with Gasteiger partial charge in [-0.15, -0.1) is 0 Å². The van der Waals surface area contributed by atoms with E-state index in [2.05, 4.69) is 4.37 Å². The minimum atomic E-state index is -0.467. The standard InChI is InChI=1S/C22H20FN3O2S/c1-10-11(2)14(6-3-12(10)9-24)15-8-18-16(7-17(15)23)20(27)19-21(28)25-29-22(19)26(18)13-4-5-13/h3,6-8,13H,4-5,9,24H2,1-2H3,(H,25,28). The second kappa shape index (κ2) is 6.37. The molecule has 7 heteroatoms. The van der Waals surface area contributed by atoms with Crippen molar-refractivity contribution in [3.05, 3.63) is 67.4 Å². The van der Waals surface area contributed by atoms with Crippen molar-refractivity contribution in [3.8, 4) is 11.1 Å². The number of nitrogens with one attached hydrogen (secondary N) is 1. The number of pyridine rings is 1. The number of nitrogens with two attached hydrogens (primary N) is 1. The average molecular weight is 409 g/mol. The van der Waals surface area contributed by atoms with Crippen molar-refractivity contribution in [2.45, 2.75) is 39.3 Å². The molecule has 3 N–H and O–H groups in total. The molecule has 5 rings (SSSR count). The normalized spacial score (nSPS) is 14.2. The van der Waals surface area contributed by atoms with Crippen LogP contribution < -0.4 is 16.7 Å². The molecule has 148 valence electrons. The van der Waals surface area contributed by atoms with Crippen molar-refractivity contribution in [2.75, 3.05) is 0 Å². The van der Waals surface area contributed by atoms with Crippen molar-refractivity contribution in [2.24, 2.45) is 5.73 Å². The molecule has 2 aromatic heterocycles. The summed E-state index contributed by atoms with van der Waals surface area (Å²) in [4.78, 5) is 25.8. The summed E-state index contributed by atoms with van der Waals surface area (Å²) >= 11 is 1.17. The van der Waals surface area contributed by atoms with E-state index in [9.17, 15) is 9.59 Å². The Morgan fingerprint density at radius 1 is 1.17 bits per heavy atom. The summed E-state index contributed by atoms with van der Waals surface area (Å²) in [6.07, 6.45) is 1.96. The molecule has 29 heavy (non-hydrogen) atoms. The number of rotatable bonds is 3. The summed E-state index contributed by atoms with van der Waals surface area (Å²) in [6, 6.07) is 7.09. The Morgan fingerprint density at radius 3 is 2.62 bits per heavy atom. The summed E-state index contributed by atoms with van der Waals surface area (Å²) in [5, 5.41) is 0.378. The van der Waals surface area contributed by atoms with E-state index in [0.29, 0.717) is 22.5 Å². The van der Waals surface area contributed by atoms with Crippen LogP contribution in [0.1, 0.15) is 35.6 Å². The third kappa shape index (κ3) is 2.61. The zero-order chi connectivity index (χ0) is 20.4. The van der Waals surface area contributed by atoms with E-state index < -0.39 is 16.8 Å². The van der Waals surface area contributed by atoms with Crippen molar-refractivity contribution in [3.63, 3.8) is 0 Å². The maximum atomic E-state index is 15.2. The molecule has 1 fully saturated rings. The fourth-order valence-corrected chi connectivity index (χ4v) is 5.07. The highest BCUT2D eigenvalue weighted by atomic mass is 32.1. The average Bonchev–Trinajstić information content (AvgIpc) is 3.46. The lowest BCUT2D eigenvalue weighted by Gasteiger charge is -2.16. The molecule has 2 heterocycles. The van der Waals surface area contributed by atoms with E-state index in [-0.39, 0.29) is 16.8 Å². The van der Waals surface area contributed by atoms with Crippen LogP contribution in [0.25, 0.3) is 32.2 Å². The molecule has 1 saturated carbocycles. The lowest BCUT2D eigenvalue weighted by Crippen LogP contribution is -2.15. The van der Waals surface area contributed by atoms with E-state index in [1.165, 1.54) is 17.6 Å². The van der Waals surface area contributed by atoms with Gasteiger partial charge in [0.2, 0.25) is 5.43 Å². The Hall–Kier alpha value is -2.77. The van der Waals surface area contributed by atoms with Gasteiger partial charge in [0.25, 0.3) is 5.56 Å². The molecule has 5 nitrogen and oxygen atoms in total. The highest BCUT2D eigenvalue weighted by Gasteiger charge is 2.29. The van der Waals surface area contributed by atoms with E-state index in [4.69, 9.17) is 5.73 Å². The lowest BCUT2D eigenvalue weighted by atomic mass is 9.92. The number of aromatic nitrogens is 2. The maximum absolute atomic E-state index is 15.2. The van der Waals surface area contributed by atoms with Gasteiger partial charge < -0.3 is 10.3 Å². The molecule has 0 amide bonds. The van der Waals surface area contributed by atoms with Crippen LogP contribution in [-0.2, 0) is 6.54 Å². The van der Waals surface area contributed by atoms with Gasteiger partial charge in [-0.25, -0.2) is 4.39 Å². The van der Waals surface area contributed by atoms with Gasteiger partial charge >= 0.3 is 0 Å². The monoisotopic (exact) mass is 409 g/mol. The summed E-state index contributed by atoms with van der Waals surface area (Å²) in [5.74, 6) is -0.467. The largest absolute Gasteiger partial charge is 0.328 e. The van der Waals surface area contributed by atoms with Crippen LogP contribution in [0.3, 0.4) is 0 Å². The SMILES string of the molecule is Cc1c(CN)ccc(-c2cc3c(cc2F)c(=O)c2c(=O)[nH]sc2n3C2CC2)c1C. The van der Waals surface area contributed by atoms with Crippen LogP contribution in [-0.4, -0.2) is 8.94 Å². The third-order valence-electron chi connectivity index (χ3n) is 6.04. The Balaban J connectivity index is 1.89. The fraction of sp³-hybridized carbons (Fsp3) is 0.273. The molecule has 0 radical (unpaired) electrons. The Labute approximate surface area is 169 Å². The summed E-state index contributed by atoms with van der Waals surface area (Å²) in [6.45, 7) is 4.38. The summed E-state index contributed by atoms with van der Waals surface area (Å²) in [5.41, 5.74) is 9.96. The number of halogens is 1. The number of hydrogen-bond donors (Lipinski definition) is 2. The van der Waals surface area contributed by atoms with E-state index in [0.717, 1.165) is 35.1 Å². The maximum Gasteiger partial charge on any atom is 0.271 e. The number of benzene rings is 2. The second-order valence-corrected chi connectivity index (χ2v) is 8.51. The molecular weight excluding hydrogens is 389 g/mol. The van der Waals surface area contributed by atoms with Gasteiger partial charge in [-0.1, -0.05) is 12.1 Å². The first-order valence-corrected chi connectivity index (χ1v) is 10.4. The van der Waals surface area contributed by atoms with Gasteiger partial charge in [-0.05, 0) is 72.6 Å². The van der Waals surface area contributed by atoms with Gasteiger partial charge in [-0.2, -0.15) is 0 Å². The predicted molar refractivity (Wildman–Crippen MR) is 115 cm³/mol. The second-order valence-electron chi connectivity index (χ2n) is 7.72. The van der Waals surface area contributed by atoms with Gasteiger partial charge in [0.15, 0.2) is 0 Å². The molecule has 0 unspecified atom stereocenters. The van der Waals surface area contributed by atoms with Crippen molar-refractivity contribution >= 4 is 32.7 Å². The molecule has 1 aliphatic carbocycles. The number of aromatic amines is 1. The number of fused-ring (bicyclic) bond motifs is 2. The number of hydrogen-bond acceptors (Lipinski definition) is 4. The summed E-state index contributed by atoms with van der Waals surface area (Å²) in [7, 11) is 0. The molecule has 0 bridgehead atoms. The first kappa shape index (κ1) is 18.3. The first-order valence-electron chi connectivity index (χ1n) is 9.60. The Kier molecular flexibility index (Phi) is 4.01. The first-order chi connectivity index (χ1) is 13.9. The molecule has 4 aromatic rings. The van der Waals surface area contributed by atoms with E-state index in [1.54, 1.807) is 6.07 Å². The van der Waals surface area contributed by atoms with Crippen LogP contribution in [0.5, 0.6) is 0 Å².